The van der Waals surface area contributed by atoms with Gasteiger partial charge in [0.05, 0.1) is 4.90 Å². The number of carbonyl (C=O) groups is 1. The van der Waals surface area contributed by atoms with Crippen molar-refractivity contribution in [3.63, 3.8) is 0 Å². The van der Waals surface area contributed by atoms with Crippen molar-refractivity contribution in [1.29, 1.82) is 0 Å². The van der Waals surface area contributed by atoms with Gasteiger partial charge in [-0.25, -0.2) is 4.98 Å². The quantitative estimate of drug-likeness (QED) is 0.842. The second-order valence-corrected chi connectivity index (χ2v) is 7.50. The van der Waals surface area contributed by atoms with Crippen LogP contribution in [0.1, 0.15) is 6.92 Å². The first-order valence-electron chi connectivity index (χ1n) is 7.59. The molecule has 2 aromatic rings. The van der Waals surface area contributed by atoms with Crippen molar-refractivity contribution in [1.82, 2.24) is 14.9 Å². The molecule has 1 aliphatic rings. The number of nitrogens with two attached hydrogens (primary N) is 1. The molecule has 1 aromatic heterocycles. The van der Waals surface area contributed by atoms with E-state index in [-0.39, 0.29) is 11.9 Å². The third-order valence-corrected chi connectivity index (χ3v) is 5.37. The van der Waals surface area contributed by atoms with Crippen LogP contribution in [-0.4, -0.2) is 47.0 Å². The van der Waals surface area contributed by atoms with Gasteiger partial charge in [-0.15, -0.1) is 0 Å². The summed E-state index contributed by atoms with van der Waals surface area (Å²) < 4.78 is 1.04. The van der Waals surface area contributed by atoms with Crippen LogP contribution >= 0.6 is 27.7 Å². The summed E-state index contributed by atoms with van der Waals surface area (Å²) in [5.41, 5.74) is 5.79. The maximum atomic E-state index is 11.5. The highest BCUT2D eigenvalue weighted by molar-refractivity contribution is 9.10. The van der Waals surface area contributed by atoms with Gasteiger partial charge in [0.15, 0.2) is 0 Å². The average molecular weight is 408 g/mol. The van der Waals surface area contributed by atoms with E-state index in [9.17, 15) is 4.79 Å². The van der Waals surface area contributed by atoms with Gasteiger partial charge in [0, 0.05) is 48.7 Å². The summed E-state index contributed by atoms with van der Waals surface area (Å²) in [4.78, 5) is 26.1. The number of amides is 1. The van der Waals surface area contributed by atoms with Gasteiger partial charge in [0.1, 0.15) is 5.82 Å². The third-order valence-electron chi connectivity index (χ3n) is 3.82. The van der Waals surface area contributed by atoms with Crippen LogP contribution < -0.4 is 10.6 Å². The van der Waals surface area contributed by atoms with E-state index in [1.807, 2.05) is 29.2 Å². The summed E-state index contributed by atoms with van der Waals surface area (Å²) in [6.45, 7) is 4.48. The molecule has 126 valence electrons. The fourth-order valence-electron chi connectivity index (χ4n) is 2.54. The molecule has 1 fully saturated rings. The first kappa shape index (κ1) is 17.0. The largest absolute Gasteiger partial charge is 0.368 e. The first-order valence-corrected chi connectivity index (χ1v) is 9.20. The molecular weight excluding hydrogens is 390 g/mol. The van der Waals surface area contributed by atoms with Crippen LogP contribution in [-0.2, 0) is 4.79 Å². The Bertz CT molecular complexity index is 732. The molecule has 0 saturated carbocycles. The molecule has 6 nitrogen and oxygen atoms in total. The van der Waals surface area contributed by atoms with Crippen LogP contribution in [0.4, 0.5) is 11.8 Å². The van der Waals surface area contributed by atoms with Crippen LogP contribution in [0.15, 0.2) is 44.7 Å². The summed E-state index contributed by atoms with van der Waals surface area (Å²) >= 11 is 5.05. The Morgan fingerprint density at radius 3 is 2.50 bits per heavy atom. The number of anilines is 2. The molecular formula is C16H18BrN5OS. The second-order valence-electron chi connectivity index (χ2n) is 5.47. The number of benzene rings is 1. The lowest BCUT2D eigenvalue weighted by atomic mass is 10.3. The molecule has 1 aliphatic heterocycles. The van der Waals surface area contributed by atoms with E-state index in [1.54, 1.807) is 24.9 Å². The number of hydrogen-bond donors (Lipinski definition) is 1. The Balaban J connectivity index is 1.81. The maximum Gasteiger partial charge on any atom is 0.222 e. The minimum atomic E-state index is 0.112. The normalized spacial score (nSPS) is 14.8. The minimum Gasteiger partial charge on any atom is -0.368 e. The van der Waals surface area contributed by atoms with Crippen LogP contribution in [0.2, 0.25) is 0 Å². The molecule has 1 saturated heterocycles. The van der Waals surface area contributed by atoms with Gasteiger partial charge in [-0.05, 0) is 24.3 Å². The highest BCUT2D eigenvalue weighted by Crippen LogP contribution is 2.35. The summed E-state index contributed by atoms with van der Waals surface area (Å²) in [6.07, 6.45) is 1.77. The highest BCUT2D eigenvalue weighted by Gasteiger charge is 2.22. The van der Waals surface area contributed by atoms with E-state index in [2.05, 4.69) is 30.8 Å². The number of piperazine rings is 1. The SMILES string of the molecule is CC(=O)N1CCN(c2nc(N)ncc2Sc2ccc(Br)cc2)CC1. The van der Waals surface area contributed by atoms with E-state index in [1.165, 1.54) is 0 Å². The van der Waals surface area contributed by atoms with Crippen molar-refractivity contribution in [3.05, 3.63) is 34.9 Å². The van der Waals surface area contributed by atoms with Crippen molar-refractivity contribution in [3.8, 4) is 0 Å². The molecule has 0 spiro atoms. The second kappa shape index (κ2) is 7.40. The van der Waals surface area contributed by atoms with Gasteiger partial charge in [-0.2, -0.15) is 4.98 Å². The maximum absolute atomic E-state index is 11.5. The number of carbonyl (C=O) groups excluding carboxylic acids is 1. The number of nitrogens with zero attached hydrogens (tertiary/aromatic N) is 4. The van der Waals surface area contributed by atoms with Crippen LogP contribution in [0.3, 0.4) is 0 Å². The molecule has 3 rings (SSSR count). The van der Waals surface area contributed by atoms with Gasteiger partial charge in [0.2, 0.25) is 11.9 Å². The van der Waals surface area contributed by atoms with Crippen LogP contribution in [0, 0.1) is 0 Å². The predicted molar refractivity (Wildman–Crippen MR) is 99.2 cm³/mol. The molecule has 0 aliphatic carbocycles. The zero-order chi connectivity index (χ0) is 17.1. The van der Waals surface area contributed by atoms with Gasteiger partial charge < -0.3 is 15.5 Å². The Hall–Kier alpha value is -1.80. The lowest BCUT2D eigenvalue weighted by Crippen LogP contribution is -2.48. The fraction of sp³-hybridized carbons (Fsp3) is 0.312. The molecule has 2 N–H and O–H groups in total. The summed E-state index contributed by atoms with van der Waals surface area (Å²) in [7, 11) is 0. The number of rotatable bonds is 3. The summed E-state index contributed by atoms with van der Waals surface area (Å²) in [5, 5.41) is 0. The molecule has 0 radical (unpaired) electrons. The average Bonchev–Trinajstić information content (AvgIpc) is 2.58. The molecule has 24 heavy (non-hydrogen) atoms. The lowest BCUT2D eigenvalue weighted by Gasteiger charge is -2.35. The van der Waals surface area contributed by atoms with Gasteiger partial charge >= 0.3 is 0 Å². The van der Waals surface area contributed by atoms with Crippen molar-refractivity contribution < 1.29 is 4.79 Å². The Labute approximate surface area is 153 Å². The number of halogens is 1. The molecule has 0 atom stereocenters. The zero-order valence-corrected chi connectivity index (χ0v) is 15.7. The molecule has 0 bridgehead atoms. The molecule has 8 heteroatoms. The Morgan fingerprint density at radius 2 is 1.88 bits per heavy atom. The summed E-state index contributed by atoms with van der Waals surface area (Å²) in [6, 6.07) is 8.10. The zero-order valence-electron chi connectivity index (χ0n) is 13.3. The molecule has 0 unspecified atom stereocenters. The molecule has 1 amide bonds. The number of hydrogen-bond acceptors (Lipinski definition) is 6. The van der Waals surface area contributed by atoms with Gasteiger partial charge in [0.25, 0.3) is 0 Å². The predicted octanol–water partition coefficient (Wildman–Crippen LogP) is 2.64. The summed E-state index contributed by atoms with van der Waals surface area (Å²) in [5.74, 6) is 1.21. The third kappa shape index (κ3) is 3.99. The van der Waals surface area contributed by atoms with E-state index in [0.717, 1.165) is 33.2 Å². The minimum absolute atomic E-state index is 0.112. The van der Waals surface area contributed by atoms with Gasteiger partial charge in [-0.3, -0.25) is 4.79 Å². The van der Waals surface area contributed by atoms with E-state index < -0.39 is 0 Å². The first-order chi connectivity index (χ1) is 11.5. The fourth-order valence-corrected chi connectivity index (χ4v) is 3.70. The van der Waals surface area contributed by atoms with Gasteiger partial charge in [-0.1, -0.05) is 27.7 Å². The van der Waals surface area contributed by atoms with Crippen molar-refractivity contribution in [2.75, 3.05) is 36.8 Å². The highest BCUT2D eigenvalue weighted by atomic mass is 79.9. The number of aromatic nitrogens is 2. The smallest absolute Gasteiger partial charge is 0.222 e. The van der Waals surface area contributed by atoms with Crippen LogP contribution in [0.25, 0.3) is 0 Å². The topological polar surface area (TPSA) is 75.4 Å². The monoisotopic (exact) mass is 407 g/mol. The van der Waals surface area contributed by atoms with Crippen molar-refractivity contribution >= 4 is 45.4 Å². The number of nitrogen functional groups attached to an aromatic ring is 1. The Kier molecular flexibility index (Phi) is 5.25. The molecule has 1 aromatic carbocycles. The molecule has 2 heterocycles. The van der Waals surface area contributed by atoms with Crippen molar-refractivity contribution in [2.24, 2.45) is 0 Å². The van der Waals surface area contributed by atoms with Crippen LogP contribution in [0.5, 0.6) is 0 Å². The van der Waals surface area contributed by atoms with E-state index in [4.69, 9.17) is 5.73 Å². The standard InChI is InChI=1S/C16H18BrN5OS/c1-11(23)21-6-8-22(9-7-21)15-14(10-19-16(18)20-15)24-13-4-2-12(17)3-5-13/h2-5,10H,6-9H2,1H3,(H2,18,19,20). The lowest BCUT2D eigenvalue weighted by molar-refractivity contribution is -0.129. The Morgan fingerprint density at radius 1 is 1.21 bits per heavy atom. The van der Waals surface area contributed by atoms with E-state index in [0.29, 0.717) is 13.1 Å². The van der Waals surface area contributed by atoms with Crippen molar-refractivity contribution in [2.45, 2.75) is 16.7 Å². The van der Waals surface area contributed by atoms with E-state index >= 15 is 0 Å².